The lowest BCUT2D eigenvalue weighted by atomic mass is 9.99. The van der Waals surface area contributed by atoms with Crippen LogP contribution in [-0.4, -0.2) is 6.54 Å². The van der Waals surface area contributed by atoms with E-state index in [1.54, 1.807) is 0 Å². The molecule has 0 bridgehead atoms. The van der Waals surface area contributed by atoms with E-state index in [-0.39, 0.29) is 0 Å². The Bertz CT molecular complexity index is 583. The van der Waals surface area contributed by atoms with Crippen molar-refractivity contribution in [3.05, 3.63) is 64.2 Å². The van der Waals surface area contributed by atoms with Crippen molar-refractivity contribution in [1.82, 2.24) is 5.32 Å². The predicted octanol–water partition coefficient (Wildman–Crippen LogP) is 3.56. The predicted molar refractivity (Wildman–Crippen MR) is 77.6 cm³/mol. The first-order valence-electron chi connectivity index (χ1n) is 6.51. The second-order valence-corrected chi connectivity index (χ2v) is 5.16. The maximum atomic E-state index is 6.07. The lowest BCUT2D eigenvalue weighted by Crippen LogP contribution is -2.23. The van der Waals surface area contributed by atoms with Crippen molar-refractivity contribution in [1.29, 1.82) is 0 Å². The van der Waals surface area contributed by atoms with Crippen LogP contribution in [0.3, 0.4) is 0 Å². The maximum absolute atomic E-state index is 6.07. The SMILES string of the molecule is Clc1ccccc1OCc1ccc2c(c1)CNCC2. The maximum Gasteiger partial charge on any atom is 0.138 e. The van der Waals surface area contributed by atoms with Crippen LogP contribution >= 0.6 is 11.6 Å². The number of rotatable bonds is 3. The number of hydrogen-bond donors (Lipinski definition) is 1. The first-order chi connectivity index (χ1) is 9.33. The van der Waals surface area contributed by atoms with Crippen LogP contribution < -0.4 is 10.1 Å². The molecule has 3 heteroatoms. The van der Waals surface area contributed by atoms with E-state index in [0.29, 0.717) is 11.6 Å². The van der Waals surface area contributed by atoms with E-state index in [0.717, 1.165) is 25.3 Å². The Kier molecular flexibility index (Phi) is 3.72. The minimum Gasteiger partial charge on any atom is -0.487 e. The van der Waals surface area contributed by atoms with E-state index in [1.807, 2.05) is 24.3 Å². The highest BCUT2D eigenvalue weighted by atomic mass is 35.5. The summed E-state index contributed by atoms with van der Waals surface area (Å²) in [4.78, 5) is 0. The summed E-state index contributed by atoms with van der Waals surface area (Å²) in [7, 11) is 0. The van der Waals surface area contributed by atoms with Crippen LogP contribution in [0.5, 0.6) is 5.75 Å². The van der Waals surface area contributed by atoms with Gasteiger partial charge in [-0.15, -0.1) is 0 Å². The fourth-order valence-electron chi connectivity index (χ4n) is 2.35. The molecule has 0 atom stereocenters. The minimum atomic E-state index is 0.553. The molecule has 0 fully saturated rings. The normalized spacial score (nSPS) is 13.9. The standard InChI is InChI=1S/C16H16ClNO/c17-15-3-1-2-4-16(15)19-11-12-5-6-13-7-8-18-10-14(13)9-12/h1-6,9,18H,7-8,10-11H2. The van der Waals surface area contributed by atoms with Gasteiger partial charge in [0.1, 0.15) is 12.4 Å². The van der Waals surface area contributed by atoms with E-state index in [1.165, 1.54) is 16.7 Å². The van der Waals surface area contributed by atoms with Crippen LogP contribution in [0, 0.1) is 0 Å². The number of ether oxygens (including phenoxy) is 1. The van der Waals surface area contributed by atoms with Crippen molar-refractivity contribution >= 4 is 11.6 Å². The monoisotopic (exact) mass is 273 g/mol. The quantitative estimate of drug-likeness (QED) is 0.923. The van der Waals surface area contributed by atoms with Gasteiger partial charge < -0.3 is 10.1 Å². The third kappa shape index (κ3) is 2.91. The zero-order valence-electron chi connectivity index (χ0n) is 10.7. The molecule has 0 spiro atoms. The molecular weight excluding hydrogens is 258 g/mol. The average molecular weight is 274 g/mol. The molecule has 2 aromatic rings. The Hall–Kier alpha value is -1.51. The lowest BCUT2D eigenvalue weighted by Gasteiger charge is -2.18. The summed E-state index contributed by atoms with van der Waals surface area (Å²) in [5.41, 5.74) is 4.01. The zero-order chi connectivity index (χ0) is 13.1. The van der Waals surface area contributed by atoms with Crippen LogP contribution in [0.15, 0.2) is 42.5 Å². The molecule has 0 radical (unpaired) electrons. The molecule has 1 aliphatic heterocycles. The Morgan fingerprint density at radius 1 is 1.11 bits per heavy atom. The van der Waals surface area contributed by atoms with E-state index in [9.17, 15) is 0 Å². The summed E-state index contributed by atoms with van der Waals surface area (Å²) in [6.07, 6.45) is 1.11. The molecule has 0 saturated heterocycles. The number of hydrogen-bond acceptors (Lipinski definition) is 2. The number of halogens is 1. The van der Waals surface area contributed by atoms with Crippen LogP contribution in [0.1, 0.15) is 16.7 Å². The third-order valence-electron chi connectivity index (χ3n) is 3.39. The summed E-state index contributed by atoms with van der Waals surface area (Å²) >= 11 is 6.07. The van der Waals surface area contributed by atoms with Crippen molar-refractivity contribution in [2.75, 3.05) is 6.54 Å². The van der Waals surface area contributed by atoms with E-state index in [2.05, 4.69) is 23.5 Å². The average Bonchev–Trinajstić information content (AvgIpc) is 2.46. The van der Waals surface area contributed by atoms with Gasteiger partial charge in [0.2, 0.25) is 0 Å². The fraction of sp³-hybridized carbons (Fsp3) is 0.250. The molecule has 0 aromatic heterocycles. The van der Waals surface area contributed by atoms with Gasteiger partial charge in [-0.1, -0.05) is 41.9 Å². The molecule has 1 heterocycles. The highest BCUT2D eigenvalue weighted by Crippen LogP contribution is 2.24. The number of fused-ring (bicyclic) bond motifs is 1. The smallest absolute Gasteiger partial charge is 0.138 e. The van der Waals surface area contributed by atoms with Crippen molar-refractivity contribution in [2.24, 2.45) is 0 Å². The third-order valence-corrected chi connectivity index (χ3v) is 3.70. The molecule has 98 valence electrons. The van der Waals surface area contributed by atoms with Crippen LogP contribution in [0.25, 0.3) is 0 Å². The molecule has 2 nitrogen and oxygen atoms in total. The molecule has 0 aliphatic carbocycles. The van der Waals surface area contributed by atoms with Gasteiger partial charge in [0.15, 0.2) is 0 Å². The molecule has 3 rings (SSSR count). The summed E-state index contributed by atoms with van der Waals surface area (Å²) in [6, 6.07) is 14.1. The van der Waals surface area contributed by atoms with Gasteiger partial charge in [-0.3, -0.25) is 0 Å². The summed E-state index contributed by atoms with van der Waals surface area (Å²) in [6.45, 7) is 2.58. The Balaban J connectivity index is 1.72. The zero-order valence-corrected chi connectivity index (χ0v) is 11.4. The van der Waals surface area contributed by atoms with Crippen LogP contribution in [0.4, 0.5) is 0 Å². The van der Waals surface area contributed by atoms with E-state index < -0.39 is 0 Å². The van der Waals surface area contributed by atoms with Gasteiger partial charge in [0.05, 0.1) is 5.02 Å². The molecular formula is C16H16ClNO. The highest BCUT2D eigenvalue weighted by molar-refractivity contribution is 6.32. The van der Waals surface area contributed by atoms with Crippen molar-refractivity contribution in [3.8, 4) is 5.75 Å². The van der Waals surface area contributed by atoms with Crippen LogP contribution in [-0.2, 0) is 19.6 Å². The molecule has 1 N–H and O–H groups in total. The molecule has 0 saturated carbocycles. The Morgan fingerprint density at radius 2 is 2.00 bits per heavy atom. The topological polar surface area (TPSA) is 21.3 Å². The molecule has 19 heavy (non-hydrogen) atoms. The minimum absolute atomic E-state index is 0.553. The summed E-state index contributed by atoms with van der Waals surface area (Å²) < 4.78 is 5.76. The van der Waals surface area contributed by atoms with Crippen LogP contribution in [0.2, 0.25) is 5.02 Å². The number of benzene rings is 2. The highest BCUT2D eigenvalue weighted by Gasteiger charge is 2.09. The summed E-state index contributed by atoms with van der Waals surface area (Å²) in [5, 5.41) is 4.04. The van der Waals surface area contributed by atoms with Crippen molar-refractivity contribution in [3.63, 3.8) is 0 Å². The Morgan fingerprint density at radius 3 is 2.89 bits per heavy atom. The van der Waals surface area contributed by atoms with Gasteiger partial charge in [-0.05, 0) is 41.8 Å². The van der Waals surface area contributed by atoms with E-state index >= 15 is 0 Å². The second-order valence-electron chi connectivity index (χ2n) is 4.75. The number of nitrogens with one attached hydrogen (secondary N) is 1. The van der Waals surface area contributed by atoms with Gasteiger partial charge in [0.25, 0.3) is 0 Å². The largest absolute Gasteiger partial charge is 0.487 e. The van der Waals surface area contributed by atoms with Crippen molar-refractivity contribution < 1.29 is 4.74 Å². The van der Waals surface area contributed by atoms with Gasteiger partial charge in [0, 0.05) is 6.54 Å². The van der Waals surface area contributed by atoms with E-state index in [4.69, 9.17) is 16.3 Å². The van der Waals surface area contributed by atoms with Crippen molar-refractivity contribution in [2.45, 2.75) is 19.6 Å². The second kappa shape index (κ2) is 5.64. The molecule has 2 aromatic carbocycles. The van der Waals surface area contributed by atoms with Gasteiger partial charge in [-0.2, -0.15) is 0 Å². The fourth-order valence-corrected chi connectivity index (χ4v) is 2.54. The lowest BCUT2D eigenvalue weighted by molar-refractivity contribution is 0.306. The first kappa shape index (κ1) is 12.5. The van der Waals surface area contributed by atoms with Gasteiger partial charge >= 0.3 is 0 Å². The first-order valence-corrected chi connectivity index (χ1v) is 6.89. The number of para-hydroxylation sites is 1. The summed E-state index contributed by atoms with van der Waals surface area (Å²) in [5.74, 6) is 0.736. The Labute approximate surface area is 118 Å². The molecule has 0 unspecified atom stereocenters. The van der Waals surface area contributed by atoms with Gasteiger partial charge in [-0.25, -0.2) is 0 Å². The molecule has 0 amide bonds. The molecule has 1 aliphatic rings.